The molecule has 1 N–H and O–H groups in total. The van der Waals surface area contributed by atoms with E-state index in [2.05, 4.69) is 4.74 Å². The third-order valence-electron chi connectivity index (χ3n) is 2.94. The van der Waals surface area contributed by atoms with E-state index in [1.807, 2.05) is 0 Å². The summed E-state index contributed by atoms with van der Waals surface area (Å²) in [6, 6.07) is 5.55. The monoisotopic (exact) mass is 287 g/mol. The Labute approximate surface area is 113 Å². The van der Waals surface area contributed by atoms with E-state index >= 15 is 0 Å². The highest BCUT2D eigenvalue weighted by Crippen LogP contribution is 2.27. The summed E-state index contributed by atoms with van der Waals surface area (Å²) in [5, 5.41) is 8.81. The van der Waals surface area contributed by atoms with Gasteiger partial charge in [0.2, 0.25) is 0 Å². The lowest BCUT2D eigenvalue weighted by Gasteiger charge is -2.23. The second-order valence-corrected chi connectivity index (χ2v) is 4.28. The van der Waals surface area contributed by atoms with Crippen molar-refractivity contribution in [3.63, 3.8) is 0 Å². The largest absolute Gasteiger partial charge is 0.573 e. The van der Waals surface area contributed by atoms with Crippen molar-refractivity contribution in [2.24, 2.45) is 0 Å². The number of nitrogens with zero attached hydrogens (tertiary/aromatic N) is 1. The fraction of sp³-hybridized carbons (Fsp3) is 0.308. The third-order valence-corrected chi connectivity index (χ3v) is 2.94. The van der Waals surface area contributed by atoms with Crippen molar-refractivity contribution in [3.8, 4) is 5.75 Å². The minimum atomic E-state index is -4.70. The van der Waals surface area contributed by atoms with E-state index in [0.717, 1.165) is 11.1 Å². The second kappa shape index (κ2) is 5.44. The van der Waals surface area contributed by atoms with Crippen LogP contribution in [0.1, 0.15) is 12.0 Å². The van der Waals surface area contributed by atoms with Crippen LogP contribution in [0, 0.1) is 0 Å². The van der Waals surface area contributed by atoms with Crippen LogP contribution in [-0.4, -0.2) is 35.6 Å². The third kappa shape index (κ3) is 3.66. The summed E-state index contributed by atoms with van der Waals surface area (Å²) in [5.74, 6) is -0.273. The number of carboxylic acid groups (broad SMARTS) is 1. The Hall–Kier alpha value is -2.18. The van der Waals surface area contributed by atoms with Crippen molar-refractivity contribution < 1.29 is 27.8 Å². The predicted octanol–water partition coefficient (Wildman–Crippen LogP) is 3.35. The van der Waals surface area contributed by atoms with Crippen LogP contribution in [0.3, 0.4) is 0 Å². The molecule has 2 rings (SSSR count). The fourth-order valence-electron chi connectivity index (χ4n) is 1.98. The molecule has 20 heavy (non-hydrogen) atoms. The fourth-order valence-corrected chi connectivity index (χ4v) is 1.98. The molecule has 1 heterocycles. The van der Waals surface area contributed by atoms with Crippen molar-refractivity contribution in [1.29, 1.82) is 0 Å². The average Bonchev–Trinajstić information content (AvgIpc) is 2.38. The Balaban J connectivity index is 2.06. The molecule has 0 unspecified atom stereocenters. The van der Waals surface area contributed by atoms with Gasteiger partial charge in [-0.05, 0) is 29.7 Å². The highest BCUT2D eigenvalue weighted by Gasteiger charge is 2.31. The van der Waals surface area contributed by atoms with Gasteiger partial charge < -0.3 is 14.7 Å². The van der Waals surface area contributed by atoms with Gasteiger partial charge >= 0.3 is 12.5 Å². The molecule has 0 saturated heterocycles. The van der Waals surface area contributed by atoms with E-state index in [4.69, 9.17) is 5.11 Å². The highest BCUT2D eigenvalue weighted by molar-refractivity contribution is 5.71. The van der Waals surface area contributed by atoms with Crippen molar-refractivity contribution in [1.82, 2.24) is 4.90 Å². The van der Waals surface area contributed by atoms with E-state index in [1.165, 1.54) is 29.2 Å². The highest BCUT2D eigenvalue weighted by atomic mass is 19.4. The Morgan fingerprint density at radius 1 is 1.25 bits per heavy atom. The maximum atomic E-state index is 12.0. The first kappa shape index (κ1) is 14.2. The number of alkyl halides is 3. The van der Waals surface area contributed by atoms with Gasteiger partial charge in [0.05, 0.1) is 0 Å². The van der Waals surface area contributed by atoms with Crippen molar-refractivity contribution in [2.75, 3.05) is 13.1 Å². The summed E-state index contributed by atoms with van der Waals surface area (Å²) in [6.07, 6.45) is -3.38. The van der Waals surface area contributed by atoms with E-state index in [9.17, 15) is 18.0 Å². The molecule has 0 radical (unpaired) electrons. The van der Waals surface area contributed by atoms with Crippen molar-refractivity contribution >= 4 is 11.7 Å². The van der Waals surface area contributed by atoms with Gasteiger partial charge in [0.15, 0.2) is 0 Å². The van der Waals surface area contributed by atoms with Crippen LogP contribution in [-0.2, 0) is 0 Å². The van der Waals surface area contributed by atoms with Gasteiger partial charge in [-0.1, -0.05) is 18.2 Å². The van der Waals surface area contributed by atoms with Crippen LogP contribution in [0.25, 0.3) is 5.57 Å². The standard InChI is InChI=1S/C13H12F3NO3/c14-13(15,16)20-11-3-1-9(2-4-11)10-5-7-17(8-6-10)12(18)19/h1-5H,6-8H2,(H,18,19). The Kier molecular flexibility index (Phi) is 3.87. The molecule has 0 aromatic heterocycles. The second-order valence-electron chi connectivity index (χ2n) is 4.28. The number of hydrogen-bond donors (Lipinski definition) is 1. The zero-order valence-electron chi connectivity index (χ0n) is 10.4. The Morgan fingerprint density at radius 2 is 1.90 bits per heavy atom. The lowest BCUT2D eigenvalue weighted by molar-refractivity contribution is -0.274. The molecule has 7 heteroatoms. The van der Waals surface area contributed by atoms with Gasteiger partial charge in [-0.25, -0.2) is 4.79 Å². The smallest absolute Gasteiger partial charge is 0.465 e. The SMILES string of the molecule is O=C(O)N1CC=C(c2ccc(OC(F)(F)F)cc2)CC1. The van der Waals surface area contributed by atoms with Crippen LogP contribution >= 0.6 is 0 Å². The first-order valence-electron chi connectivity index (χ1n) is 5.88. The van der Waals surface area contributed by atoms with Crippen molar-refractivity contribution in [3.05, 3.63) is 35.9 Å². The van der Waals surface area contributed by atoms with Crippen LogP contribution < -0.4 is 4.74 Å². The molecule has 1 amide bonds. The number of hydrogen-bond acceptors (Lipinski definition) is 2. The van der Waals surface area contributed by atoms with Gasteiger partial charge in [0.1, 0.15) is 5.75 Å². The minimum absolute atomic E-state index is 0.273. The van der Waals surface area contributed by atoms with E-state index in [-0.39, 0.29) is 12.3 Å². The van der Waals surface area contributed by atoms with Gasteiger partial charge in [-0.15, -0.1) is 13.2 Å². The number of rotatable bonds is 2. The molecule has 1 aliphatic rings. The van der Waals surface area contributed by atoms with E-state index < -0.39 is 12.5 Å². The number of halogens is 3. The zero-order valence-corrected chi connectivity index (χ0v) is 10.4. The summed E-state index contributed by atoms with van der Waals surface area (Å²) < 4.78 is 39.8. The molecule has 1 aromatic rings. The quantitative estimate of drug-likeness (QED) is 0.907. The molecule has 0 bridgehead atoms. The van der Waals surface area contributed by atoms with Gasteiger partial charge in [-0.3, -0.25) is 0 Å². The molecule has 0 fully saturated rings. The molecule has 0 saturated carbocycles. The summed E-state index contributed by atoms with van der Waals surface area (Å²) in [6.45, 7) is 0.660. The van der Waals surface area contributed by atoms with Crippen molar-refractivity contribution in [2.45, 2.75) is 12.8 Å². The molecule has 1 aromatic carbocycles. The molecule has 4 nitrogen and oxygen atoms in total. The first-order valence-corrected chi connectivity index (χ1v) is 5.88. The van der Waals surface area contributed by atoms with Crippen LogP contribution in [0.2, 0.25) is 0 Å². The zero-order chi connectivity index (χ0) is 14.8. The van der Waals surface area contributed by atoms with E-state index in [1.54, 1.807) is 6.08 Å². The van der Waals surface area contributed by atoms with Crippen LogP contribution in [0.4, 0.5) is 18.0 Å². The molecule has 1 aliphatic heterocycles. The predicted molar refractivity (Wildman–Crippen MR) is 65.3 cm³/mol. The number of benzene rings is 1. The molecular formula is C13H12F3NO3. The van der Waals surface area contributed by atoms with Crippen LogP contribution in [0.5, 0.6) is 5.75 Å². The molecular weight excluding hydrogens is 275 g/mol. The summed E-state index contributed by atoms with van der Waals surface area (Å²) >= 11 is 0. The molecule has 108 valence electrons. The number of carbonyl (C=O) groups is 1. The number of amides is 1. The lowest BCUT2D eigenvalue weighted by Crippen LogP contribution is -2.33. The normalized spacial score (nSPS) is 15.8. The Bertz CT molecular complexity index is 523. The van der Waals surface area contributed by atoms with Crippen LogP contribution in [0.15, 0.2) is 30.3 Å². The summed E-state index contributed by atoms with van der Waals surface area (Å²) in [5.41, 5.74) is 1.69. The Morgan fingerprint density at radius 3 is 2.35 bits per heavy atom. The first-order chi connectivity index (χ1) is 9.35. The molecule has 0 aliphatic carbocycles. The lowest BCUT2D eigenvalue weighted by atomic mass is 10.00. The summed E-state index contributed by atoms with van der Waals surface area (Å²) in [4.78, 5) is 12.0. The average molecular weight is 287 g/mol. The molecule has 0 spiro atoms. The minimum Gasteiger partial charge on any atom is -0.465 e. The van der Waals surface area contributed by atoms with Gasteiger partial charge in [-0.2, -0.15) is 0 Å². The summed E-state index contributed by atoms with van der Waals surface area (Å²) in [7, 11) is 0. The number of ether oxygens (including phenoxy) is 1. The topological polar surface area (TPSA) is 49.8 Å². The van der Waals surface area contributed by atoms with E-state index in [0.29, 0.717) is 13.0 Å². The van der Waals surface area contributed by atoms with Gasteiger partial charge in [0.25, 0.3) is 0 Å². The maximum Gasteiger partial charge on any atom is 0.573 e. The van der Waals surface area contributed by atoms with Gasteiger partial charge in [0, 0.05) is 13.1 Å². The molecule has 0 atom stereocenters. The maximum absolute atomic E-state index is 12.0.